The van der Waals surface area contributed by atoms with Crippen molar-refractivity contribution in [3.8, 4) is 0 Å². The number of primary amides is 1. The lowest BCUT2D eigenvalue weighted by atomic mass is 9.88. The first-order valence-corrected chi connectivity index (χ1v) is 6.53. The summed E-state index contributed by atoms with van der Waals surface area (Å²) < 4.78 is 5.34. The average Bonchev–Trinajstić information content (AvgIpc) is 2.46. The van der Waals surface area contributed by atoms with Crippen LogP contribution < -0.4 is 11.1 Å². The van der Waals surface area contributed by atoms with Crippen LogP contribution in [0.25, 0.3) is 0 Å². The summed E-state index contributed by atoms with van der Waals surface area (Å²) in [4.78, 5) is 14.2. The smallest absolute Gasteiger partial charge is 0.243 e. The Hall–Kier alpha value is -1.43. The quantitative estimate of drug-likeness (QED) is 0.779. The maximum absolute atomic E-state index is 12.0. The molecule has 2 rings (SSSR count). The Balaban J connectivity index is 2.26. The van der Waals surface area contributed by atoms with Gasteiger partial charge in [0.1, 0.15) is 5.54 Å². The van der Waals surface area contributed by atoms with Gasteiger partial charge in [0.15, 0.2) is 0 Å². The molecule has 3 N–H and O–H groups in total. The minimum absolute atomic E-state index is 0.354. The minimum atomic E-state index is -0.849. The van der Waals surface area contributed by atoms with Crippen LogP contribution in [0.5, 0.6) is 0 Å². The van der Waals surface area contributed by atoms with Gasteiger partial charge in [-0.3, -0.25) is 9.69 Å². The van der Waals surface area contributed by atoms with E-state index in [1.165, 1.54) is 0 Å². The summed E-state index contributed by atoms with van der Waals surface area (Å²) in [6.45, 7) is 3.61. The fourth-order valence-corrected chi connectivity index (χ4v) is 2.48. The Morgan fingerprint density at radius 2 is 2.00 bits per heavy atom. The third-order valence-corrected chi connectivity index (χ3v) is 3.68. The van der Waals surface area contributed by atoms with Crippen molar-refractivity contribution in [2.75, 3.05) is 39.9 Å². The number of morpholine rings is 1. The van der Waals surface area contributed by atoms with Crippen molar-refractivity contribution in [2.24, 2.45) is 5.73 Å². The molecule has 0 saturated carbocycles. The number of carbonyl (C=O) groups excluding carboxylic acids is 1. The molecule has 1 unspecified atom stereocenters. The van der Waals surface area contributed by atoms with Gasteiger partial charge in [-0.25, -0.2) is 0 Å². The van der Waals surface area contributed by atoms with E-state index in [4.69, 9.17) is 10.5 Å². The van der Waals surface area contributed by atoms with Gasteiger partial charge in [-0.15, -0.1) is 0 Å². The molecule has 1 atom stereocenters. The van der Waals surface area contributed by atoms with E-state index in [1.54, 1.807) is 7.05 Å². The summed E-state index contributed by atoms with van der Waals surface area (Å²) >= 11 is 0. The lowest BCUT2D eigenvalue weighted by molar-refractivity contribution is -0.126. The second-order valence-electron chi connectivity index (χ2n) is 4.77. The fraction of sp³-hybridized carbons (Fsp3) is 0.500. The molecular formula is C14H21N3O2. The molecule has 1 aliphatic heterocycles. The Labute approximate surface area is 113 Å². The highest BCUT2D eigenvalue weighted by atomic mass is 16.5. The van der Waals surface area contributed by atoms with Gasteiger partial charge in [-0.2, -0.15) is 0 Å². The Kier molecular flexibility index (Phi) is 4.52. The SMILES string of the molecule is CNC(CN1CCOCC1)(C(N)=O)c1ccccc1. The van der Waals surface area contributed by atoms with Crippen LogP contribution in [0.15, 0.2) is 30.3 Å². The van der Waals surface area contributed by atoms with Gasteiger partial charge in [0.25, 0.3) is 0 Å². The average molecular weight is 263 g/mol. The van der Waals surface area contributed by atoms with Crippen LogP contribution in [0, 0.1) is 0 Å². The topological polar surface area (TPSA) is 67.6 Å². The summed E-state index contributed by atoms with van der Waals surface area (Å²) in [5, 5.41) is 3.12. The van der Waals surface area contributed by atoms with Gasteiger partial charge in [-0.1, -0.05) is 30.3 Å². The van der Waals surface area contributed by atoms with Crippen molar-refractivity contribution in [1.29, 1.82) is 0 Å². The Bertz CT molecular complexity index is 418. The van der Waals surface area contributed by atoms with Gasteiger partial charge in [0, 0.05) is 19.6 Å². The molecule has 5 nitrogen and oxygen atoms in total. The highest BCUT2D eigenvalue weighted by Gasteiger charge is 2.38. The van der Waals surface area contributed by atoms with E-state index < -0.39 is 5.54 Å². The number of likely N-dealkylation sites (N-methyl/N-ethyl adjacent to an activating group) is 1. The molecule has 1 aliphatic rings. The van der Waals surface area contributed by atoms with E-state index in [-0.39, 0.29) is 5.91 Å². The van der Waals surface area contributed by atoms with E-state index >= 15 is 0 Å². The number of amides is 1. The molecule has 1 aromatic rings. The van der Waals surface area contributed by atoms with Crippen LogP contribution in [0.4, 0.5) is 0 Å². The molecule has 1 fully saturated rings. The zero-order valence-electron chi connectivity index (χ0n) is 11.3. The molecule has 0 aliphatic carbocycles. The zero-order valence-corrected chi connectivity index (χ0v) is 11.3. The lowest BCUT2D eigenvalue weighted by Gasteiger charge is -2.37. The van der Waals surface area contributed by atoms with Crippen LogP contribution in [0.1, 0.15) is 5.56 Å². The van der Waals surface area contributed by atoms with Gasteiger partial charge >= 0.3 is 0 Å². The first-order valence-electron chi connectivity index (χ1n) is 6.53. The maximum atomic E-state index is 12.0. The van der Waals surface area contributed by atoms with Crippen LogP contribution in [0.2, 0.25) is 0 Å². The number of rotatable bonds is 5. The molecule has 1 saturated heterocycles. The number of ether oxygens (including phenoxy) is 1. The molecule has 5 heteroatoms. The van der Waals surface area contributed by atoms with Gasteiger partial charge in [-0.05, 0) is 12.6 Å². The monoisotopic (exact) mass is 263 g/mol. The fourth-order valence-electron chi connectivity index (χ4n) is 2.48. The predicted octanol–water partition coefficient (Wildman–Crippen LogP) is -0.0812. The summed E-state index contributed by atoms with van der Waals surface area (Å²) in [6.07, 6.45) is 0. The van der Waals surface area contributed by atoms with Gasteiger partial charge in [0.2, 0.25) is 5.91 Å². The largest absolute Gasteiger partial charge is 0.379 e. The molecule has 0 aromatic heterocycles. The van der Waals surface area contributed by atoms with E-state index in [1.807, 2.05) is 30.3 Å². The minimum Gasteiger partial charge on any atom is -0.379 e. The molecule has 0 radical (unpaired) electrons. The van der Waals surface area contributed by atoms with Gasteiger partial charge < -0.3 is 15.8 Å². The molecular weight excluding hydrogens is 242 g/mol. The lowest BCUT2D eigenvalue weighted by Crippen LogP contribution is -2.59. The van der Waals surface area contributed by atoms with E-state index in [9.17, 15) is 4.79 Å². The summed E-state index contributed by atoms with van der Waals surface area (Å²) in [6, 6.07) is 9.64. The zero-order chi connectivity index (χ0) is 13.7. The number of carbonyl (C=O) groups is 1. The van der Waals surface area contributed by atoms with Crippen LogP contribution in [-0.2, 0) is 15.1 Å². The van der Waals surface area contributed by atoms with E-state index in [2.05, 4.69) is 10.2 Å². The standard InChI is InChI=1S/C14H21N3O2/c1-16-14(13(15)18,12-5-3-2-4-6-12)11-17-7-9-19-10-8-17/h2-6,16H,7-11H2,1H3,(H2,15,18). The number of nitrogens with two attached hydrogens (primary N) is 1. The number of nitrogens with zero attached hydrogens (tertiary/aromatic N) is 1. The van der Waals surface area contributed by atoms with Crippen molar-refractivity contribution >= 4 is 5.91 Å². The molecule has 1 amide bonds. The maximum Gasteiger partial charge on any atom is 0.243 e. The predicted molar refractivity (Wildman–Crippen MR) is 73.6 cm³/mol. The molecule has 0 spiro atoms. The Morgan fingerprint density at radius 1 is 1.37 bits per heavy atom. The second-order valence-corrected chi connectivity index (χ2v) is 4.77. The van der Waals surface area contributed by atoms with Crippen molar-refractivity contribution < 1.29 is 9.53 Å². The summed E-state index contributed by atoms with van der Waals surface area (Å²) in [5.74, 6) is -0.354. The highest BCUT2D eigenvalue weighted by Crippen LogP contribution is 2.22. The number of hydrogen-bond acceptors (Lipinski definition) is 4. The van der Waals surface area contributed by atoms with Crippen LogP contribution >= 0.6 is 0 Å². The summed E-state index contributed by atoms with van der Waals surface area (Å²) in [7, 11) is 1.78. The second kappa shape index (κ2) is 6.14. The molecule has 104 valence electrons. The van der Waals surface area contributed by atoms with Gasteiger partial charge in [0.05, 0.1) is 13.2 Å². The Morgan fingerprint density at radius 3 is 2.53 bits per heavy atom. The molecule has 1 heterocycles. The third kappa shape index (κ3) is 2.94. The molecule has 0 bridgehead atoms. The first kappa shape index (κ1) is 14.0. The first-order chi connectivity index (χ1) is 9.19. The summed E-state index contributed by atoms with van der Waals surface area (Å²) in [5.41, 5.74) is 5.72. The molecule has 19 heavy (non-hydrogen) atoms. The number of nitrogens with one attached hydrogen (secondary N) is 1. The normalized spacial score (nSPS) is 19.8. The number of hydrogen-bond donors (Lipinski definition) is 2. The van der Waals surface area contributed by atoms with Crippen molar-refractivity contribution in [3.63, 3.8) is 0 Å². The third-order valence-electron chi connectivity index (χ3n) is 3.68. The van der Waals surface area contributed by atoms with E-state index in [0.29, 0.717) is 19.8 Å². The van der Waals surface area contributed by atoms with Crippen molar-refractivity contribution in [3.05, 3.63) is 35.9 Å². The van der Waals surface area contributed by atoms with Crippen molar-refractivity contribution in [1.82, 2.24) is 10.2 Å². The van der Waals surface area contributed by atoms with E-state index in [0.717, 1.165) is 18.7 Å². The highest BCUT2D eigenvalue weighted by molar-refractivity contribution is 5.86. The molecule has 1 aromatic carbocycles. The number of benzene rings is 1. The van der Waals surface area contributed by atoms with Crippen LogP contribution in [-0.4, -0.2) is 50.7 Å². The van der Waals surface area contributed by atoms with Crippen LogP contribution in [0.3, 0.4) is 0 Å². The van der Waals surface area contributed by atoms with Crippen molar-refractivity contribution in [2.45, 2.75) is 5.54 Å².